The van der Waals surface area contributed by atoms with Crippen molar-refractivity contribution in [1.82, 2.24) is 10.2 Å². The van der Waals surface area contributed by atoms with Gasteiger partial charge in [0.25, 0.3) is 10.0 Å². The number of nitrogens with zero attached hydrogens (tertiary/aromatic N) is 2. The van der Waals surface area contributed by atoms with Crippen LogP contribution in [0.1, 0.15) is 36.5 Å². The zero-order valence-electron chi connectivity index (χ0n) is 25.3. The molecule has 45 heavy (non-hydrogen) atoms. The molecule has 0 saturated heterocycles. The maximum absolute atomic E-state index is 14.5. The maximum atomic E-state index is 14.5. The van der Waals surface area contributed by atoms with Gasteiger partial charge in [0, 0.05) is 29.6 Å². The molecule has 236 valence electrons. The molecule has 0 spiro atoms. The van der Waals surface area contributed by atoms with E-state index in [1.807, 2.05) is 37.3 Å². The minimum absolute atomic E-state index is 0.00897. The van der Waals surface area contributed by atoms with Gasteiger partial charge in [0.2, 0.25) is 11.8 Å². The SMILES string of the molecule is CCCCNC(=O)[C@@H](Cc1ccccc1)N(Cc1ccccc1Cl)C(=O)CN(c1cccc(Cl)c1C)S(=O)(=O)c1ccccc1. The molecule has 4 aromatic carbocycles. The summed E-state index contributed by atoms with van der Waals surface area (Å²) in [4.78, 5) is 29.8. The van der Waals surface area contributed by atoms with Crippen LogP contribution in [-0.4, -0.2) is 44.3 Å². The lowest BCUT2D eigenvalue weighted by molar-refractivity contribution is -0.140. The molecular weight excluding hydrogens is 629 g/mol. The van der Waals surface area contributed by atoms with Crippen LogP contribution in [0.4, 0.5) is 5.69 Å². The molecule has 0 aromatic heterocycles. The van der Waals surface area contributed by atoms with E-state index in [0.717, 1.165) is 22.7 Å². The first-order valence-electron chi connectivity index (χ1n) is 14.8. The third-order valence-electron chi connectivity index (χ3n) is 7.52. The van der Waals surface area contributed by atoms with Gasteiger partial charge in [-0.25, -0.2) is 8.42 Å². The second-order valence-electron chi connectivity index (χ2n) is 10.7. The van der Waals surface area contributed by atoms with Gasteiger partial charge in [-0.2, -0.15) is 0 Å². The van der Waals surface area contributed by atoms with Crippen LogP contribution in [0, 0.1) is 6.92 Å². The lowest BCUT2D eigenvalue weighted by Crippen LogP contribution is -2.53. The molecule has 0 fully saturated rings. The maximum Gasteiger partial charge on any atom is 0.264 e. The average molecular weight is 667 g/mol. The molecule has 4 rings (SSSR count). The summed E-state index contributed by atoms with van der Waals surface area (Å²) in [6, 6.07) is 28.4. The predicted octanol–water partition coefficient (Wildman–Crippen LogP) is 7.05. The Balaban J connectivity index is 1.82. The van der Waals surface area contributed by atoms with Crippen LogP contribution in [0.5, 0.6) is 0 Å². The van der Waals surface area contributed by atoms with Crippen molar-refractivity contribution < 1.29 is 18.0 Å². The minimum Gasteiger partial charge on any atom is -0.354 e. The highest BCUT2D eigenvalue weighted by Gasteiger charge is 2.35. The molecule has 1 atom stereocenters. The average Bonchev–Trinajstić information content (AvgIpc) is 3.04. The van der Waals surface area contributed by atoms with E-state index in [4.69, 9.17) is 23.2 Å². The Hall–Kier alpha value is -3.85. The highest BCUT2D eigenvalue weighted by Crippen LogP contribution is 2.31. The zero-order valence-corrected chi connectivity index (χ0v) is 27.7. The van der Waals surface area contributed by atoms with Crippen LogP contribution >= 0.6 is 23.2 Å². The van der Waals surface area contributed by atoms with Crippen molar-refractivity contribution >= 4 is 50.7 Å². The molecule has 10 heteroatoms. The number of sulfonamides is 1. The summed E-state index contributed by atoms with van der Waals surface area (Å²) in [5.74, 6) is -0.899. The Bertz CT molecular complexity index is 1700. The van der Waals surface area contributed by atoms with E-state index in [2.05, 4.69) is 5.32 Å². The number of carbonyl (C=O) groups excluding carboxylic acids is 2. The van der Waals surface area contributed by atoms with E-state index in [0.29, 0.717) is 27.7 Å². The van der Waals surface area contributed by atoms with Crippen molar-refractivity contribution in [3.63, 3.8) is 0 Å². The van der Waals surface area contributed by atoms with Gasteiger partial charge in [-0.15, -0.1) is 0 Å². The fourth-order valence-corrected chi connectivity index (χ4v) is 6.83. The molecule has 1 N–H and O–H groups in total. The Labute approximate surface area is 275 Å². The molecule has 2 amide bonds. The number of unbranched alkanes of at least 4 members (excludes halogenated alkanes) is 1. The van der Waals surface area contributed by atoms with E-state index in [-0.39, 0.29) is 29.5 Å². The lowest BCUT2D eigenvalue weighted by atomic mass is 10.0. The van der Waals surface area contributed by atoms with Gasteiger partial charge in [-0.1, -0.05) is 109 Å². The minimum atomic E-state index is -4.22. The van der Waals surface area contributed by atoms with Crippen molar-refractivity contribution in [2.45, 2.75) is 50.6 Å². The quantitative estimate of drug-likeness (QED) is 0.146. The van der Waals surface area contributed by atoms with Crippen molar-refractivity contribution in [3.05, 3.63) is 130 Å². The van der Waals surface area contributed by atoms with Crippen molar-refractivity contribution in [2.75, 3.05) is 17.4 Å². The molecule has 0 aliphatic carbocycles. The molecule has 0 unspecified atom stereocenters. The van der Waals surface area contributed by atoms with Gasteiger partial charge in [0.15, 0.2) is 0 Å². The number of anilines is 1. The number of carbonyl (C=O) groups is 2. The first-order chi connectivity index (χ1) is 21.6. The number of amides is 2. The molecule has 0 bridgehead atoms. The van der Waals surface area contributed by atoms with E-state index < -0.39 is 28.5 Å². The molecule has 0 radical (unpaired) electrons. The fraction of sp³-hybridized carbons (Fsp3) is 0.257. The Morgan fingerprint density at radius 2 is 1.44 bits per heavy atom. The van der Waals surface area contributed by atoms with Gasteiger partial charge in [0.1, 0.15) is 12.6 Å². The summed E-state index contributed by atoms with van der Waals surface area (Å²) in [6.07, 6.45) is 1.88. The van der Waals surface area contributed by atoms with E-state index in [1.54, 1.807) is 67.6 Å². The standard InChI is InChI=1S/C35H37Cl2N3O4S/c1-3-4-22-38-35(42)33(23-27-14-7-5-8-15-27)39(24-28-16-11-12-19-31(28)37)34(41)25-40(32-21-13-20-30(36)26(32)2)45(43,44)29-17-9-6-10-18-29/h5-21,33H,3-4,22-25H2,1-2H3,(H,38,42)/t33-/m1/s1. The van der Waals surface area contributed by atoms with Crippen molar-refractivity contribution in [2.24, 2.45) is 0 Å². The van der Waals surface area contributed by atoms with Crippen molar-refractivity contribution in [3.8, 4) is 0 Å². The molecule has 7 nitrogen and oxygen atoms in total. The predicted molar refractivity (Wildman–Crippen MR) is 181 cm³/mol. The third kappa shape index (κ3) is 8.66. The van der Waals surface area contributed by atoms with E-state index in [1.165, 1.54) is 17.0 Å². The normalized spacial score (nSPS) is 11.9. The Morgan fingerprint density at radius 3 is 2.11 bits per heavy atom. The largest absolute Gasteiger partial charge is 0.354 e. The second kappa shape index (κ2) is 15.9. The number of halogens is 2. The molecular formula is C35H37Cl2N3O4S. The number of hydrogen-bond acceptors (Lipinski definition) is 4. The van der Waals surface area contributed by atoms with Gasteiger partial charge in [0.05, 0.1) is 10.6 Å². The van der Waals surface area contributed by atoms with E-state index in [9.17, 15) is 18.0 Å². The van der Waals surface area contributed by atoms with E-state index >= 15 is 0 Å². The Kier molecular flexibility index (Phi) is 12.0. The van der Waals surface area contributed by atoms with Crippen LogP contribution in [0.3, 0.4) is 0 Å². The monoisotopic (exact) mass is 665 g/mol. The van der Waals surface area contributed by atoms with Crippen molar-refractivity contribution in [1.29, 1.82) is 0 Å². The summed E-state index contributed by atoms with van der Waals surface area (Å²) in [7, 11) is -4.22. The van der Waals surface area contributed by atoms with Crippen LogP contribution in [-0.2, 0) is 32.6 Å². The van der Waals surface area contributed by atoms with Gasteiger partial charge >= 0.3 is 0 Å². The first kappa shape index (κ1) is 34.0. The number of nitrogens with one attached hydrogen (secondary N) is 1. The van der Waals surface area contributed by atoms with Crippen LogP contribution in [0.2, 0.25) is 10.0 Å². The lowest BCUT2D eigenvalue weighted by Gasteiger charge is -2.34. The van der Waals surface area contributed by atoms with Gasteiger partial charge in [-0.05, 0) is 60.4 Å². The number of rotatable bonds is 14. The summed E-state index contributed by atoms with van der Waals surface area (Å²) < 4.78 is 29.4. The second-order valence-corrected chi connectivity index (χ2v) is 13.3. The van der Waals surface area contributed by atoms with Crippen LogP contribution in [0.25, 0.3) is 0 Å². The Morgan fingerprint density at radius 1 is 0.822 bits per heavy atom. The molecule has 0 aliphatic rings. The molecule has 0 aliphatic heterocycles. The molecule has 4 aromatic rings. The highest BCUT2D eigenvalue weighted by molar-refractivity contribution is 7.92. The third-order valence-corrected chi connectivity index (χ3v) is 10.1. The van der Waals surface area contributed by atoms with Crippen LogP contribution in [0.15, 0.2) is 108 Å². The summed E-state index contributed by atoms with van der Waals surface area (Å²) in [5.41, 5.74) is 2.25. The molecule has 0 heterocycles. The topological polar surface area (TPSA) is 86.8 Å². The van der Waals surface area contributed by atoms with Gasteiger partial charge < -0.3 is 10.2 Å². The number of hydrogen-bond donors (Lipinski definition) is 1. The summed E-state index contributed by atoms with van der Waals surface area (Å²) in [5, 5.41) is 3.77. The fourth-order valence-electron chi connectivity index (χ4n) is 4.97. The number of benzene rings is 4. The van der Waals surface area contributed by atoms with Gasteiger partial charge in [-0.3, -0.25) is 13.9 Å². The smallest absolute Gasteiger partial charge is 0.264 e. The zero-order chi connectivity index (χ0) is 32.4. The summed E-state index contributed by atoms with van der Waals surface area (Å²) >= 11 is 13.0. The summed E-state index contributed by atoms with van der Waals surface area (Å²) in [6.45, 7) is 3.60. The van der Waals surface area contributed by atoms with Crippen LogP contribution < -0.4 is 9.62 Å². The molecule has 0 saturated carbocycles. The highest BCUT2D eigenvalue weighted by atomic mass is 35.5. The first-order valence-corrected chi connectivity index (χ1v) is 17.0.